The highest BCUT2D eigenvalue weighted by Crippen LogP contribution is 2.41. The minimum Gasteiger partial charge on any atom is -0.477 e. The summed E-state index contributed by atoms with van der Waals surface area (Å²) in [5.41, 5.74) is 2.53. The number of hydrogen-bond acceptors (Lipinski definition) is 3. The summed E-state index contributed by atoms with van der Waals surface area (Å²) < 4.78 is 32.6. The zero-order valence-corrected chi connectivity index (χ0v) is 20.3. The molecule has 0 fully saturated rings. The van der Waals surface area contributed by atoms with Gasteiger partial charge in [0.05, 0.1) is 10.7 Å². The molecule has 0 aliphatic heterocycles. The average Bonchev–Trinajstić information content (AvgIpc) is 2.80. The van der Waals surface area contributed by atoms with Crippen molar-refractivity contribution in [3.8, 4) is 28.3 Å². The van der Waals surface area contributed by atoms with E-state index in [2.05, 4.69) is 4.98 Å². The Labute approximate surface area is 214 Å². The van der Waals surface area contributed by atoms with Crippen LogP contribution in [0.4, 0.5) is 8.78 Å². The second kappa shape index (κ2) is 10.2. The third kappa shape index (κ3) is 5.25. The van der Waals surface area contributed by atoms with Crippen LogP contribution in [-0.2, 0) is 6.61 Å². The summed E-state index contributed by atoms with van der Waals surface area (Å²) in [6, 6.07) is 15.0. The molecule has 1 heterocycles. The van der Waals surface area contributed by atoms with Crippen molar-refractivity contribution in [2.24, 2.45) is 0 Å². The summed E-state index contributed by atoms with van der Waals surface area (Å²) in [5, 5.41) is 11.2. The van der Waals surface area contributed by atoms with Gasteiger partial charge in [-0.2, -0.15) is 0 Å². The van der Waals surface area contributed by atoms with Crippen LogP contribution in [0.2, 0.25) is 15.1 Å². The maximum absolute atomic E-state index is 13.6. The van der Waals surface area contributed by atoms with Gasteiger partial charge in [0.2, 0.25) is 5.88 Å². The van der Waals surface area contributed by atoms with E-state index in [0.717, 1.165) is 12.1 Å². The van der Waals surface area contributed by atoms with E-state index in [-0.39, 0.29) is 18.1 Å². The van der Waals surface area contributed by atoms with E-state index in [9.17, 15) is 18.7 Å². The van der Waals surface area contributed by atoms with Gasteiger partial charge < -0.3 is 9.84 Å². The molecule has 1 N–H and O–H groups in total. The summed E-state index contributed by atoms with van der Waals surface area (Å²) in [4.78, 5) is 16.8. The van der Waals surface area contributed by atoms with Gasteiger partial charge in [0, 0.05) is 21.2 Å². The van der Waals surface area contributed by atoms with Gasteiger partial charge in [-0.1, -0.05) is 53.0 Å². The summed E-state index contributed by atoms with van der Waals surface area (Å²) in [7, 11) is 0. The number of pyridine rings is 1. The lowest BCUT2D eigenvalue weighted by Gasteiger charge is -2.19. The Kier molecular flexibility index (Phi) is 7.26. The molecule has 0 bridgehead atoms. The molecule has 0 unspecified atom stereocenters. The van der Waals surface area contributed by atoms with Crippen LogP contribution in [0, 0.1) is 18.6 Å². The number of benzene rings is 3. The van der Waals surface area contributed by atoms with E-state index < -0.39 is 17.6 Å². The molecule has 0 saturated heterocycles. The van der Waals surface area contributed by atoms with E-state index in [1.54, 1.807) is 49.4 Å². The summed E-state index contributed by atoms with van der Waals surface area (Å²) in [5.74, 6) is -3.50. The zero-order chi connectivity index (χ0) is 25.3. The van der Waals surface area contributed by atoms with Crippen LogP contribution in [0.15, 0.2) is 60.7 Å². The van der Waals surface area contributed by atoms with E-state index in [0.29, 0.717) is 48.6 Å². The number of carboxylic acids is 1. The molecule has 4 rings (SSSR count). The number of aromatic nitrogens is 1. The highest BCUT2D eigenvalue weighted by molar-refractivity contribution is 6.36. The van der Waals surface area contributed by atoms with Gasteiger partial charge in [-0.3, -0.25) is 0 Å². The number of halogens is 5. The second-order valence-electron chi connectivity index (χ2n) is 7.61. The highest BCUT2D eigenvalue weighted by Gasteiger charge is 2.26. The van der Waals surface area contributed by atoms with E-state index in [1.807, 2.05) is 0 Å². The average molecular weight is 535 g/mol. The first-order valence-electron chi connectivity index (χ1n) is 10.2. The summed E-state index contributed by atoms with van der Waals surface area (Å²) >= 11 is 18.6. The van der Waals surface area contributed by atoms with Crippen LogP contribution in [0.3, 0.4) is 0 Å². The van der Waals surface area contributed by atoms with Crippen molar-refractivity contribution in [3.63, 3.8) is 0 Å². The molecule has 35 heavy (non-hydrogen) atoms. The van der Waals surface area contributed by atoms with Crippen LogP contribution in [0.25, 0.3) is 22.4 Å². The van der Waals surface area contributed by atoms with E-state index in [4.69, 9.17) is 39.5 Å². The van der Waals surface area contributed by atoms with Gasteiger partial charge in [0.1, 0.15) is 12.2 Å². The maximum atomic E-state index is 13.6. The second-order valence-corrected chi connectivity index (χ2v) is 8.89. The standard InChI is InChI=1S/C26H16Cl3F2NO3/c1-13-22(15-3-5-16(27)6-4-15)24(18-8-7-17(28)11-19(18)29)32-25(23(13)26(33)34)35-12-14-2-9-20(30)21(31)10-14/h2-11H,12H2,1H3,(H,33,34). The minimum atomic E-state index is -1.26. The fourth-order valence-electron chi connectivity index (χ4n) is 3.66. The molecule has 4 nitrogen and oxygen atoms in total. The maximum Gasteiger partial charge on any atom is 0.341 e. The SMILES string of the molecule is Cc1c(C(=O)O)c(OCc2ccc(F)c(F)c2)nc(-c2ccc(Cl)cc2Cl)c1-c1ccc(Cl)cc1. The predicted molar refractivity (Wildman–Crippen MR) is 133 cm³/mol. The van der Waals surface area contributed by atoms with Gasteiger partial charge in [0.25, 0.3) is 0 Å². The van der Waals surface area contributed by atoms with E-state index >= 15 is 0 Å². The number of nitrogens with zero attached hydrogens (tertiary/aromatic N) is 1. The third-order valence-electron chi connectivity index (χ3n) is 5.31. The third-order valence-corrected chi connectivity index (χ3v) is 6.11. The van der Waals surface area contributed by atoms with Gasteiger partial charge in [-0.15, -0.1) is 0 Å². The van der Waals surface area contributed by atoms with Gasteiger partial charge >= 0.3 is 5.97 Å². The molecule has 3 aromatic carbocycles. The topological polar surface area (TPSA) is 59.4 Å². The molecule has 0 amide bonds. The minimum absolute atomic E-state index is 0.175. The Morgan fingerprint density at radius 3 is 2.26 bits per heavy atom. The number of ether oxygens (including phenoxy) is 1. The molecular weight excluding hydrogens is 519 g/mol. The molecule has 9 heteroatoms. The first kappa shape index (κ1) is 24.9. The molecule has 0 radical (unpaired) electrons. The molecule has 0 aliphatic carbocycles. The van der Waals surface area contributed by atoms with Crippen LogP contribution in [0.5, 0.6) is 5.88 Å². The van der Waals surface area contributed by atoms with Crippen molar-refractivity contribution in [1.82, 2.24) is 4.98 Å². The van der Waals surface area contributed by atoms with Crippen LogP contribution >= 0.6 is 34.8 Å². The molecule has 178 valence electrons. The number of aromatic carboxylic acids is 1. The first-order chi connectivity index (χ1) is 16.7. The number of rotatable bonds is 6. The molecule has 0 spiro atoms. The molecule has 4 aromatic rings. The molecular formula is C26H16Cl3F2NO3. The first-order valence-corrected chi connectivity index (χ1v) is 11.3. The van der Waals surface area contributed by atoms with Crippen molar-refractivity contribution in [3.05, 3.63) is 104 Å². The van der Waals surface area contributed by atoms with Crippen LogP contribution in [0.1, 0.15) is 21.5 Å². The largest absolute Gasteiger partial charge is 0.477 e. The Balaban J connectivity index is 1.92. The van der Waals surface area contributed by atoms with Gasteiger partial charge in [-0.25, -0.2) is 18.6 Å². The normalized spacial score (nSPS) is 10.9. The molecule has 0 saturated carbocycles. The van der Waals surface area contributed by atoms with E-state index in [1.165, 1.54) is 6.07 Å². The smallest absolute Gasteiger partial charge is 0.341 e. The Morgan fingerprint density at radius 2 is 1.63 bits per heavy atom. The fraction of sp³-hybridized carbons (Fsp3) is 0.0769. The lowest BCUT2D eigenvalue weighted by atomic mass is 9.92. The number of carbonyl (C=O) groups is 1. The van der Waals surface area contributed by atoms with Crippen molar-refractivity contribution in [2.75, 3.05) is 0 Å². The van der Waals surface area contributed by atoms with Crippen LogP contribution < -0.4 is 4.74 Å². The highest BCUT2D eigenvalue weighted by atomic mass is 35.5. The van der Waals surface area contributed by atoms with Crippen LogP contribution in [-0.4, -0.2) is 16.1 Å². The van der Waals surface area contributed by atoms with Gasteiger partial charge in [-0.05, 0) is 66.1 Å². The summed E-state index contributed by atoms with van der Waals surface area (Å²) in [6.45, 7) is 1.39. The zero-order valence-electron chi connectivity index (χ0n) is 18.1. The van der Waals surface area contributed by atoms with Crippen molar-refractivity contribution < 1.29 is 23.4 Å². The van der Waals surface area contributed by atoms with Gasteiger partial charge in [0.15, 0.2) is 11.6 Å². The number of carboxylic acid groups (broad SMARTS) is 1. The molecule has 1 aromatic heterocycles. The summed E-state index contributed by atoms with van der Waals surface area (Å²) in [6.07, 6.45) is 0. The lowest BCUT2D eigenvalue weighted by Crippen LogP contribution is -2.10. The lowest BCUT2D eigenvalue weighted by molar-refractivity contribution is 0.0690. The van der Waals surface area contributed by atoms with Crippen molar-refractivity contribution in [2.45, 2.75) is 13.5 Å². The Hall–Kier alpha value is -3.19. The quantitative estimate of drug-likeness (QED) is 0.271. The number of hydrogen-bond donors (Lipinski definition) is 1. The molecule has 0 aliphatic rings. The van der Waals surface area contributed by atoms with Crippen molar-refractivity contribution in [1.29, 1.82) is 0 Å². The Bertz CT molecular complexity index is 1440. The fourth-order valence-corrected chi connectivity index (χ4v) is 4.28. The molecule has 0 atom stereocenters. The van der Waals surface area contributed by atoms with Crippen molar-refractivity contribution >= 4 is 40.8 Å². The Morgan fingerprint density at radius 1 is 0.943 bits per heavy atom. The predicted octanol–water partition coefficient (Wildman–Crippen LogP) is 8.24. The monoisotopic (exact) mass is 533 g/mol.